The van der Waals surface area contributed by atoms with Crippen molar-refractivity contribution < 1.29 is 14.7 Å². The number of hydrogen-bond donors (Lipinski definition) is 3. The summed E-state index contributed by atoms with van der Waals surface area (Å²) in [7, 11) is 0. The normalized spacial score (nSPS) is 31.2. The zero-order valence-corrected chi connectivity index (χ0v) is 11.7. The first kappa shape index (κ1) is 14.3. The molecule has 1 aliphatic carbocycles. The van der Waals surface area contributed by atoms with E-state index in [1.165, 1.54) is 12.8 Å². The number of carboxylic acids is 1. The van der Waals surface area contributed by atoms with Crippen molar-refractivity contribution in [2.24, 2.45) is 17.8 Å². The highest BCUT2D eigenvalue weighted by molar-refractivity contribution is 5.83. The van der Waals surface area contributed by atoms with Crippen LogP contribution in [0, 0.1) is 17.8 Å². The maximum Gasteiger partial charge on any atom is 0.305 e. The Morgan fingerprint density at radius 3 is 2.74 bits per heavy atom. The number of carboxylic acid groups (broad SMARTS) is 1. The van der Waals surface area contributed by atoms with Crippen LogP contribution in [0.15, 0.2) is 0 Å². The van der Waals surface area contributed by atoms with E-state index in [1.807, 2.05) is 13.8 Å². The molecule has 3 N–H and O–H groups in total. The van der Waals surface area contributed by atoms with Crippen LogP contribution in [-0.2, 0) is 9.59 Å². The van der Waals surface area contributed by atoms with Gasteiger partial charge < -0.3 is 15.7 Å². The molecule has 2 rings (SSSR count). The standard InChI is InChI=1S/C14H24N2O3/c1-8(2)11(6-12(17)18)16-14(19)13-10-5-3-4-9(10)7-15-13/h8-11,13,15H,3-7H2,1-2H3,(H,16,19)(H,17,18). The van der Waals surface area contributed by atoms with Crippen LogP contribution in [0.1, 0.15) is 39.5 Å². The van der Waals surface area contributed by atoms with E-state index in [0.717, 1.165) is 13.0 Å². The summed E-state index contributed by atoms with van der Waals surface area (Å²) in [5.41, 5.74) is 0. The van der Waals surface area contributed by atoms with Crippen molar-refractivity contribution in [3.63, 3.8) is 0 Å². The molecule has 0 bridgehead atoms. The van der Waals surface area contributed by atoms with Gasteiger partial charge in [0.15, 0.2) is 0 Å². The van der Waals surface area contributed by atoms with Gasteiger partial charge in [-0.2, -0.15) is 0 Å². The molecule has 0 aromatic rings. The first-order chi connectivity index (χ1) is 8.99. The van der Waals surface area contributed by atoms with E-state index in [4.69, 9.17) is 5.11 Å². The third kappa shape index (κ3) is 3.26. The summed E-state index contributed by atoms with van der Waals surface area (Å²) in [6, 6.07) is -0.408. The zero-order chi connectivity index (χ0) is 14.0. The fourth-order valence-electron chi connectivity index (χ4n) is 3.39. The quantitative estimate of drug-likeness (QED) is 0.695. The molecule has 4 unspecified atom stereocenters. The first-order valence-corrected chi connectivity index (χ1v) is 7.24. The maximum atomic E-state index is 12.3. The number of fused-ring (bicyclic) bond motifs is 1. The Balaban J connectivity index is 1.93. The molecule has 5 nitrogen and oxygen atoms in total. The van der Waals surface area contributed by atoms with Crippen molar-refractivity contribution in [2.75, 3.05) is 6.54 Å². The number of amides is 1. The lowest BCUT2D eigenvalue weighted by Gasteiger charge is -2.24. The summed E-state index contributed by atoms with van der Waals surface area (Å²) in [6.45, 7) is 4.80. The van der Waals surface area contributed by atoms with Gasteiger partial charge in [-0.05, 0) is 37.1 Å². The molecule has 0 radical (unpaired) electrons. The third-order valence-corrected chi connectivity index (χ3v) is 4.56. The number of aliphatic carboxylic acids is 1. The SMILES string of the molecule is CC(C)C(CC(=O)O)NC(=O)C1NCC2CCCC21. The van der Waals surface area contributed by atoms with Gasteiger partial charge in [-0.25, -0.2) is 0 Å². The molecular weight excluding hydrogens is 244 g/mol. The average molecular weight is 268 g/mol. The van der Waals surface area contributed by atoms with Gasteiger partial charge in [-0.3, -0.25) is 9.59 Å². The van der Waals surface area contributed by atoms with E-state index in [9.17, 15) is 9.59 Å². The summed E-state index contributed by atoms with van der Waals surface area (Å²) >= 11 is 0. The van der Waals surface area contributed by atoms with Crippen LogP contribution in [0.4, 0.5) is 0 Å². The van der Waals surface area contributed by atoms with E-state index in [-0.39, 0.29) is 30.3 Å². The van der Waals surface area contributed by atoms with Crippen molar-refractivity contribution in [1.82, 2.24) is 10.6 Å². The van der Waals surface area contributed by atoms with Gasteiger partial charge in [0.05, 0.1) is 12.5 Å². The summed E-state index contributed by atoms with van der Waals surface area (Å²) in [5, 5.41) is 15.1. The third-order valence-electron chi connectivity index (χ3n) is 4.56. The Morgan fingerprint density at radius 2 is 2.11 bits per heavy atom. The second kappa shape index (κ2) is 5.90. The fraction of sp³-hybridized carbons (Fsp3) is 0.857. The predicted octanol–water partition coefficient (Wildman–Crippen LogP) is 0.990. The molecule has 2 aliphatic rings. The van der Waals surface area contributed by atoms with Crippen molar-refractivity contribution in [1.29, 1.82) is 0 Å². The number of carbonyl (C=O) groups is 2. The van der Waals surface area contributed by atoms with E-state index < -0.39 is 5.97 Å². The van der Waals surface area contributed by atoms with Gasteiger partial charge in [0.25, 0.3) is 0 Å². The highest BCUT2D eigenvalue weighted by Crippen LogP contribution is 2.37. The Labute approximate surface area is 114 Å². The van der Waals surface area contributed by atoms with Crippen LogP contribution in [0.2, 0.25) is 0 Å². The van der Waals surface area contributed by atoms with Crippen molar-refractivity contribution >= 4 is 11.9 Å². The van der Waals surface area contributed by atoms with Crippen molar-refractivity contribution in [3.05, 3.63) is 0 Å². The van der Waals surface area contributed by atoms with Gasteiger partial charge in [-0.15, -0.1) is 0 Å². The molecule has 1 amide bonds. The number of carbonyl (C=O) groups excluding carboxylic acids is 1. The van der Waals surface area contributed by atoms with Crippen LogP contribution in [0.25, 0.3) is 0 Å². The summed E-state index contributed by atoms with van der Waals surface area (Å²) in [6.07, 6.45) is 3.53. The second-order valence-corrected chi connectivity index (χ2v) is 6.20. The monoisotopic (exact) mass is 268 g/mol. The van der Waals surface area contributed by atoms with E-state index in [2.05, 4.69) is 10.6 Å². The largest absolute Gasteiger partial charge is 0.481 e. The highest BCUT2D eigenvalue weighted by Gasteiger charge is 2.42. The molecule has 19 heavy (non-hydrogen) atoms. The summed E-state index contributed by atoms with van der Waals surface area (Å²) in [4.78, 5) is 23.2. The van der Waals surface area contributed by atoms with Gasteiger partial charge in [0.2, 0.25) is 5.91 Å². The smallest absolute Gasteiger partial charge is 0.305 e. The van der Waals surface area contributed by atoms with Gasteiger partial charge in [0.1, 0.15) is 0 Å². The fourth-order valence-corrected chi connectivity index (χ4v) is 3.39. The molecule has 0 aromatic carbocycles. The van der Waals surface area contributed by atoms with Crippen LogP contribution in [-0.4, -0.2) is 35.6 Å². The van der Waals surface area contributed by atoms with Crippen LogP contribution in [0.5, 0.6) is 0 Å². The van der Waals surface area contributed by atoms with Crippen molar-refractivity contribution in [2.45, 2.75) is 51.6 Å². The molecule has 0 aromatic heterocycles. The first-order valence-electron chi connectivity index (χ1n) is 7.24. The Hall–Kier alpha value is -1.10. The molecule has 5 heteroatoms. The lowest BCUT2D eigenvalue weighted by molar-refractivity contribution is -0.138. The van der Waals surface area contributed by atoms with E-state index in [1.54, 1.807) is 0 Å². The molecule has 1 heterocycles. The molecule has 4 atom stereocenters. The summed E-state index contributed by atoms with van der Waals surface area (Å²) in [5.74, 6) is 0.317. The number of hydrogen-bond acceptors (Lipinski definition) is 3. The molecule has 2 fully saturated rings. The minimum absolute atomic E-state index is 0.00970. The number of nitrogens with one attached hydrogen (secondary N) is 2. The lowest BCUT2D eigenvalue weighted by atomic mass is 9.92. The molecular formula is C14H24N2O3. The molecule has 0 spiro atoms. The summed E-state index contributed by atoms with van der Waals surface area (Å²) < 4.78 is 0. The minimum atomic E-state index is -0.864. The molecule has 1 saturated heterocycles. The highest BCUT2D eigenvalue weighted by atomic mass is 16.4. The predicted molar refractivity (Wildman–Crippen MR) is 71.6 cm³/mol. The van der Waals surface area contributed by atoms with Gasteiger partial charge in [-0.1, -0.05) is 20.3 Å². The Bertz CT molecular complexity index is 357. The van der Waals surface area contributed by atoms with E-state index >= 15 is 0 Å². The van der Waals surface area contributed by atoms with Gasteiger partial charge in [0, 0.05) is 6.04 Å². The van der Waals surface area contributed by atoms with Crippen LogP contribution in [0.3, 0.4) is 0 Å². The van der Waals surface area contributed by atoms with Crippen LogP contribution >= 0.6 is 0 Å². The Kier molecular flexibility index (Phi) is 4.45. The van der Waals surface area contributed by atoms with Crippen molar-refractivity contribution in [3.8, 4) is 0 Å². The molecule has 108 valence electrons. The average Bonchev–Trinajstić information content (AvgIpc) is 2.88. The van der Waals surface area contributed by atoms with E-state index in [0.29, 0.717) is 11.8 Å². The van der Waals surface area contributed by atoms with Gasteiger partial charge >= 0.3 is 5.97 Å². The minimum Gasteiger partial charge on any atom is -0.481 e. The second-order valence-electron chi connectivity index (χ2n) is 6.20. The number of rotatable bonds is 5. The molecule has 1 saturated carbocycles. The Morgan fingerprint density at radius 1 is 1.37 bits per heavy atom. The lowest BCUT2D eigenvalue weighted by Crippen LogP contribution is -2.49. The van der Waals surface area contributed by atoms with Crippen LogP contribution < -0.4 is 10.6 Å². The zero-order valence-electron chi connectivity index (χ0n) is 11.7. The molecule has 1 aliphatic heterocycles. The topological polar surface area (TPSA) is 78.4 Å². The maximum absolute atomic E-state index is 12.3.